The van der Waals surface area contributed by atoms with Crippen LogP contribution in [-0.4, -0.2) is 63.7 Å². The highest BCUT2D eigenvalue weighted by molar-refractivity contribution is 5.68. The standard InChI is InChI=1S/C10H20O4.C3H7NO2/c1-3-4-5-12-6-7-13-8-9-14-10(2)11;1-4-2-3(5)6/h3-9H2,1-2H3;4H,2H2,1H3,(H,5,6). The first-order chi connectivity index (χ1) is 9.54. The van der Waals surface area contributed by atoms with Crippen molar-refractivity contribution in [1.29, 1.82) is 0 Å². The number of hydrogen-bond acceptors (Lipinski definition) is 6. The van der Waals surface area contributed by atoms with E-state index in [4.69, 9.17) is 14.6 Å². The summed E-state index contributed by atoms with van der Waals surface area (Å²) in [6.07, 6.45) is 2.24. The van der Waals surface area contributed by atoms with Crippen LogP contribution >= 0.6 is 0 Å². The lowest BCUT2D eigenvalue weighted by Gasteiger charge is -2.05. The number of carbonyl (C=O) groups excluding carboxylic acids is 1. The van der Waals surface area contributed by atoms with Crippen LogP contribution < -0.4 is 5.32 Å². The Labute approximate surface area is 120 Å². The van der Waals surface area contributed by atoms with E-state index in [-0.39, 0.29) is 12.5 Å². The maximum Gasteiger partial charge on any atom is 0.317 e. The number of carbonyl (C=O) groups is 2. The number of ether oxygens (including phenoxy) is 3. The van der Waals surface area contributed by atoms with E-state index in [2.05, 4.69) is 17.0 Å². The van der Waals surface area contributed by atoms with Gasteiger partial charge in [-0.3, -0.25) is 9.59 Å². The van der Waals surface area contributed by atoms with Crippen molar-refractivity contribution in [1.82, 2.24) is 5.32 Å². The molecule has 0 heterocycles. The molecule has 0 unspecified atom stereocenters. The van der Waals surface area contributed by atoms with Crippen molar-refractivity contribution in [2.24, 2.45) is 0 Å². The smallest absolute Gasteiger partial charge is 0.317 e. The Morgan fingerprint density at radius 3 is 2.00 bits per heavy atom. The zero-order valence-electron chi connectivity index (χ0n) is 12.6. The predicted molar refractivity (Wildman–Crippen MR) is 74.7 cm³/mol. The van der Waals surface area contributed by atoms with Crippen LogP contribution in [0.15, 0.2) is 0 Å². The molecule has 2 N–H and O–H groups in total. The first-order valence-corrected chi connectivity index (χ1v) is 6.69. The molecule has 0 aliphatic carbocycles. The number of likely N-dealkylation sites (N-methyl/N-ethyl adjacent to an activating group) is 1. The molecule has 7 nitrogen and oxygen atoms in total. The highest BCUT2D eigenvalue weighted by atomic mass is 16.6. The molecule has 0 fully saturated rings. The lowest BCUT2D eigenvalue weighted by molar-refractivity contribution is -0.142. The highest BCUT2D eigenvalue weighted by Crippen LogP contribution is 1.87. The summed E-state index contributed by atoms with van der Waals surface area (Å²) in [5.74, 6) is -1.09. The van der Waals surface area contributed by atoms with Crippen LogP contribution in [0, 0.1) is 0 Å². The molecular weight excluding hydrogens is 266 g/mol. The maximum absolute atomic E-state index is 10.3. The maximum atomic E-state index is 10.3. The lowest BCUT2D eigenvalue weighted by Crippen LogP contribution is -2.16. The fourth-order valence-corrected chi connectivity index (χ4v) is 0.964. The largest absolute Gasteiger partial charge is 0.480 e. The average Bonchev–Trinajstić information content (AvgIpc) is 2.37. The van der Waals surface area contributed by atoms with Crippen molar-refractivity contribution in [2.75, 3.05) is 46.6 Å². The van der Waals surface area contributed by atoms with Crippen molar-refractivity contribution in [3.8, 4) is 0 Å². The second-order valence-electron chi connectivity index (χ2n) is 3.84. The fraction of sp³-hybridized carbons (Fsp3) is 0.846. The van der Waals surface area contributed by atoms with E-state index in [1.807, 2.05) is 0 Å². The molecule has 0 amide bonds. The summed E-state index contributed by atoms with van der Waals surface area (Å²) in [6.45, 7) is 6.28. The van der Waals surface area contributed by atoms with Crippen LogP contribution in [0.4, 0.5) is 0 Å². The van der Waals surface area contributed by atoms with Crippen LogP contribution in [0.25, 0.3) is 0 Å². The summed E-state index contributed by atoms with van der Waals surface area (Å²) in [6, 6.07) is 0. The van der Waals surface area contributed by atoms with Crippen molar-refractivity contribution in [3.63, 3.8) is 0 Å². The Balaban J connectivity index is 0. The molecule has 0 aliphatic heterocycles. The minimum absolute atomic E-state index is 0.0417. The number of rotatable bonds is 11. The molecule has 120 valence electrons. The molecule has 0 aromatic rings. The lowest BCUT2D eigenvalue weighted by atomic mass is 10.4. The third-order valence-corrected chi connectivity index (χ3v) is 1.88. The molecule has 0 spiro atoms. The fourth-order valence-electron chi connectivity index (χ4n) is 0.964. The number of nitrogens with one attached hydrogen (secondary N) is 1. The van der Waals surface area contributed by atoms with Gasteiger partial charge in [0.1, 0.15) is 6.61 Å². The van der Waals surface area contributed by atoms with E-state index in [0.717, 1.165) is 19.4 Å². The van der Waals surface area contributed by atoms with Crippen molar-refractivity contribution in [2.45, 2.75) is 26.7 Å². The second-order valence-corrected chi connectivity index (χ2v) is 3.84. The molecule has 0 bridgehead atoms. The number of carboxylic acids is 1. The highest BCUT2D eigenvalue weighted by Gasteiger charge is 1.93. The van der Waals surface area contributed by atoms with Gasteiger partial charge in [-0.2, -0.15) is 0 Å². The van der Waals surface area contributed by atoms with Crippen molar-refractivity contribution < 1.29 is 28.9 Å². The number of unbranched alkanes of at least 4 members (excludes halogenated alkanes) is 1. The molecule has 0 rings (SSSR count). The molecule has 0 saturated carbocycles. The minimum atomic E-state index is -0.822. The van der Waals surface area contributed by atoms with Crippen LogP contribution in [0.3, 0.4) is 0 Å². The van der Waals surface area contributed by atoms with Crippen LogP contribution in [-0.2, 0) is 23.8 Å². The van der Waals surface area contributed by atoms with E-state index >= 15 is 0 Å². The topological polar surface area (TPSA) is 94.1 Å². The summed E-state index contributed by atoms with van der Waals surface area (Å²) in [7, 11) is 1.59. The minimum Gasteiger partial charge on any atom is -0.480 e. The average molecular weight is 293 g/mol. The summed E-state index contributed by atoms with van der Waals surface area (Å²) in [5.41, 5.74) is 0. The first kappa shape index (κ1) is 21.1. The van der Waals surface area contributed by atoms with E-state index in [1.54, 1.807) is 7.05 Å². The van der Waals surface area contributed by atoms with Crippen LogP contribution in [0.5, 0.6) is 0 Å². The molecule has 0 aromatic carbocycles. The molecule has 7 heteroatoms. The zero-order chi connectivity index (χ0) is 15.6. The van der Waals surface area contributed by atoms with E-state index < -0.39 is 5.97 Å². The van der Waals surface area contributed by atoms with Crippen molar-refractivity contribution >= 4 is 11.9 Å². The third-order valence-electron chi connectivity index (χ3n) is 1.88. The van der Waals surface area contributed by atoms with E-state index in [0.29, 0.717) is 26.4 Å². The van der Waals surface area contributed by atoms with E-state index in [1.165, 1.54) is 6.92 Å². The summed E-state index contributed by atoms with van der Waals surface area (Å²) in [5, 5.41) is 10.3. The zero-order valence-corrected chi connectivity index (χ0v) is 12.6. The molecule has 0 aromatic heterocycles. The Bertz CT molecular complexity index is 235. The van der Waals surface area contributed by atoms with Gasteiger partial charge >= 0.3 is 11.9 Å². The van der Waals surface area contributed by atoms with Gasteiger partial charge in [0.15, 0.2) is 0 Å². The molecule has 0 saturated heterocycles. The van der Waals surface area contributed by atoms with Gasteiger partial charge in [0.2, 0.25) is 0 Å². The number of aliphatic carboxylic acids is 1. The Hall–Kier alpha value is -1.18. The van der Waals surface area contributed by atoms with Gasteiger partial charge in [-0.05, 0) is 13.5 Å². The van der Waals surface area contributed by atoms with Crippen LogP contribution in [0.2, 0.25) is 0 Å². The third kappa shape index (κ3) is 25.6. The number of carboxylic acid groups (broad SMARTS) is 1. The summed E-state index contributed by atoms with van der Waals surface area (Å²) >= 11 is 0. The number of esters is 1. The SMILES string of the molecule is CCCCOCCOCCOC(C)=O.CNCC(=O)O. The normalized spacial score (nSPS) is 9.55. The molecule has 0 atom stereocenters. The van der Waals surface area contributed by atoms with Gasteiger partial charge in [0.25, 0.3) is 0 Å². The molecule has 20 heavy (non-hydrogen) atoms. The molecule has 0 radical (unpaired) electrons. The molecular formula is C13H27NO6. The summed E-state index contributed by atoms with van der Waals surface area (Å²) in [4.78, 5) is 19.9. The van der Waals surface area contributed by atoms with E-state index in [9.17, 15) is 9.59 Å². The van der Waals surface area contributed by atoms with Gasteiger partial charge in [0, 0.05) is 13.5 Å². The Morgan fingerprint density at radius 1 is 1.05 bits per heavy atom. The monoisotopic (exact) mass is 293 g/mol. The van der Waals surface area contributed by atoms with Gasteiger partial charge in [0.05, 0.1) is 26.4 Å². The van der Waals surface area contributed by atoms with Gasteiger partial charge in [-0.1, -0.05) is 13.3 Å². The summed E-state index contributed by atoms with van der Waals surface area (Å²) < 4.78 is 15.1. The number of hydrogen-bond donors (Lipinski definition) is 2. The predicted octanol–water partition coefficient (Wildman–Crippen LogP) is 0.673. The van der Waals surface area contributed by atoms with Gasteiger partial charge in [-0.15, -0.1) is 0 Å². The molecule has 0 aliphatic rings. The van der Waals surface area contributed by atoms with Gasteiger partial charge in [-0.25, -0.2) is 0 Å². The first-order valence-electron chi connectivity index (χ1n) is 6.69. The Kier molecular flexibility index (Phi) is 18.8. The quantitative estimate of drug-likeness (QED) is 0.427. The Morgan fingerprint density at radius 2 is 1.60 bits per heavy atom. The van der Waals surface area contributed by atoms with Crippen LogP contribution in [0.1, 0.15) is 26.7 Å². The van der Waals surface area contributed by atoms with Crippen molar-refractivity contribution in [3.05, 3.63) is 0 Å². The van der Waals surface area contributed by atoms with Gasteiger partial charge < -0.3 is 24.6 Å². The second kappa shape index (κ2) is 17.8.